The van der Waals surface area contributed by atoms with E-state index >= 15 is 0 Å². The van der Waals surface area contributed by atoms with E-state index in [4.69, 9.17) is 48.5 Å². The summed E-state index contributed by atoms with van der Waals surface area (Å²) in [5.74, 6) is 0. The minimum absolute atomic E-state index is 0. The maximum absolute atomic E-state index is 8.45. The van der Waals surface area contributed by atoms with E-state index in [0.717, 1.165) is 0 Å². The van der Waals surface area contributed by atoms with Crippen molar-refractivity contribution in [3.05, 3.63) is 0 Å². The maximum atomic E-state index is 8.45. The Balaban J connectivity index is -0.0000000141. The van der Waals surface area contributed by atoms with Crippen LogP contribution in [0.25, 0.3) is 0 Å². The van der Waals surface area contributed by atoms with Gasteiger partial charge in [-0.1, -0.05) is 0 Å². The van der Waals surface area contributed by atoms with Gasteiger partial charge in [0.15, 0.2) is 0 Å². The summed E-state index contributed by atoms with van der Waals surface area (Å²) in [6, 6.07) is 0. The van der Waals surface area contributed by atoms with Crippen molar-refractivity contribution in [2.75, 3.05) is 0 Å². The van der Waals surface area contributed by atoms with E-state index < -0.39 is 89.7 Å². The molecule has 6 N–H and O–H groups in total. The summed E-state index contributed by atoms with van der Waals surface area (Å²) < 4.78 is 92.6. The fraction of sp³-hybridized carbons (Fsp3) is 0. The van der Waals surface area contributed by atoms with Gasteiger partial charge in [-0.2, -0.15) is 0 Å². The Kier molecular flexibility index (Phi) is 289. The molecule has 0 aromatic heterocycles. The third-order valence-electron chi connectivity index (χ3n) is 0. The third-order valence-corrected chi connectivity index (χ3v) is 0. The van der Waals surface area contributed by atoms with Gasteiger partial charge in [0.1, 0.15) is 0 Å². The van der Waals surface area contributed by atoms with Crippen molar-refractivity contribution >= 4 is 0 Å². The molecule has 0 aliphatic carbocycles. The second kappa shape index (κ2) is 117. The van der Waals surface area contributed by atoms with Gasteiger partial charge in [-0.3, -0.25) is 0 Å². The second-order valence-corrected chi connectivity index (χ2v) is 1.51. The zero-order valence-corrected chi connectivity index (χ0v) is 19.0. The van der Waals surface area contributed by atoms with Gasteiger partial charge in [0.25, 0.3) is 0 Å². The summed E-state index contributed by atoms with van der Waals surface area (Å²) in [7, 11) is 0. The molecule has 0 bridgehead atoms. The van der Waals surface area contributed by atoms with E-state index in [2.05, 4.69) is 0 Å². The van der Waals surface area contributed by atoms with Gasteiger partial charge in [-0.25, -0.2) is 0 Å². The Morgan fingerprint density at radius 3 is 0.400 bits per heavy atom. The summed E-state index contributed by atoms with van der Waals surface area (Å²) in [5, 5.41) is 0. The quantitative estimate of drug-likeness (QED) is 0.130. The van der Waals surface area contributed by atoms with Gasteiger partial charge in [0, 0.05) is 0 Å². The molecular weight excluding hydrogens is 740 g/mol. The van der Waals surface area contributed by atoms with E-state index in [1.807, 2.05) is 0 Å². The van der Waals surface area contributed by atoms with Crippen molar-refractivity contribution < 1.29 is 191 Å². The van der Waals surface area contributed by atoms with Crippen LogP contribution in [0.15, 0.2) is 0 Å². The minimum atomic E-state index is -0.812. The van der Waals surface area contributed by atoms with Crippen LogP contribution in [0, 0.1) is 35.6 Å². The molecule has 143 valence electrons. The molecule has 0 aromatic rings. The summed E-state index contributed by atoms with van der Waals surface area (Å²) in [6.45, 7) is 0. The molecule has 0 aliphatic rings. The molecule has 0 amide bonds. The zero-order chi connectivity index (χ0) is 16.2. The molecule has 0 heterocycles. The molecule has 0 fully saturated rings. The monoisotopic (exact) mass is 746 g/mol. The van der Waals surface area contributed by atoms with Crippen LogP contribution in [0.5, 0.6) is 0 Å². The Morgan fingerprint density at radius 1 is 0.400 bits per heavy atom. The molecule has 0 aromatic carbocycles. The van der Waals surface area contributed by atoms with Crippen LogP contribution in [0.1, 0.15) is 0 Å². The van der Waals surface area contributed by atoms with Crippen LogP contribution < -0.4 is 0 Å². The van der Waals surface area contributed by atoms with Gasteiger partial charge in [0.05, 0.1) is 0 Å². The molecule has 0 unspecified atom stereocenters. The second-order valence-electron chi connectivity index (χ2n) is 0.365. The van der Waals surface area contributed by atoms with Crippen molar-refractivity contribution in [3.63, 3.8) is 0 Å². The van der Waals surface area contributed by atoms with Crippen LogP contribution in [0.2, 0.25) is 0 Å². The molecule has 0 spiro atoms. The van der Waals surface area contributed by atoms with Gasteiger partial charge in [-0.05, 0) is 0 Å². The molecule has 0 saturated carbocycles. The zero-order valence-electron chi connectivity index (χ0n) is 8.06. The number of hydrogen-bond acceptors (Lipinski definition) is 6. The first-order valence-electron chi connectivity index (χ1n) is 1.71. The van der Waals surface area contributed by atoms with Gasteiger partial charge < -0.3 is 0 Å². The van der Waals surface area contributed by atoms with E-state index in [1.54, 1.807) is 0 Å². The first-order valence-corrected chi connectivity index (χ1v) is 7.05. The van der Waals surface area contributed by atoms with Crippen molar-refractivity contribution in [1.29, 1.82) is 0 Å². The average Bonchev–Trinajstić information content (AvgIpc) is 2.23. The Bertz CT molecular complexity index is 119. The molecule has 0 saturated heterocycles. The van der Waals surface area contributed by atoms with Crippen molar-refractivity contribution in [1.82, 2.24) is 0 Å². The SMILES string of the molecule is [Fe+3].[La+3].[O]=[Co-][OH].[O]=[Co-][OH].[O]=[Co-][OH].[O]=[Co-][OH].[O]=[Co-][OH].[O]=[Co-][OH]. The summed E-state index contributed by atoms with van der Waals surface area (Å²) in [5.41, 5.74) is 0. The Morgan fingerprint density at radius 2 is 0.400 bits per heavy atom. The van der Waals surface area contributed by atoms with Gasteiger partial charge in [-0.15, -0.1) is 0 Å². The van der Waals surface area contributed by atoms with Crippen LogP contribution in [0.3, 0.4) is 0 Å². The number of rotatable bonds is 0. The first-order chi connectivity index (χ1) is 8.49. The van der Waals surface area contributed by atoms with Crippen molar-refractivity contribution in [2.24, 2.45) is 0 Å². The first kappa shape index (κ1) is 49.5. The fourth-order valence-corrected chi connectivity index (χ4v) is 0. The predicted molar refractivity (Wildman–Crippen MR) is 17.4 cm³/mol. The molecule has 20 heavy (non-hydrogen) atoms. The van der Waals surface area contributed by atoms with Crippen LogP contribution in [-0.4, -0.2) is 25.3 Å². The molecule has 0 atom stereocenters. The summed E-state index contributed by atoms with van der Waals surface area (Å²) in [4.78, 5) is 0. The van der Waals surface area contributed by atoms with Gasteiger partial charge in [0.2, 0.25) is 0 Å². The van der Waals surface area contributed by atoms with E-state index in [-0.39, 0.29) is 52.7 Å². The van der Waals surface area contributed by atoms with Crippen molar-refractivity contribution in [3.8, 4) is 0 Å². The predicted octanol–water partition coefficient (Wildman–Crippen LogP) is -4.07. The van der Waals surface area contributed by atoms with E-state index in [0.29, 0.717) is 0 Å². The summed E-state index contributed by atoms with van der Waals surface area (Å²) >= 11 is -4.88. The van der Waals surface area contributed by atoms with E-state index in [1.165, 1.54) is 0 Å². The summed E-state index contributed by atoms with van der Waals surface area (Å²) in [6.07, 6.45) is 0. The molecule has 12 nitrogen and oxygen atoms in total. The normalized spacial score (nSPS) is 6.30. The van der Waals surface area contributed by atoms with Crippen molar-refractivity contribution in [2.45, 2.75) is 0 Å². The molecular formula is H6Co6FeLaO12. The molecule has 20 heteroatoms. The van der Waals surface area contributed by atoms with Gasteiger partial charge >= 0.3 is 191 Å². The fourth-order valence-electron chi connectivity index (χ4n) is 0. The van der Waals surface area contributed by atoms with Crippen LogP contribution in [0.4, 0.5) is 0 Å². The third kappa shape index (κ3) is 801. The molecule has 0 rings (SSSR count). The average molecular weight is 746 g/mol. The standard InChI is InChI=1S/6Co.Fe.La.6H2O.6O/h;;;;;;;;6*1H2;;;;;;/q;;;;;;2*+3;;;;;;;;;;;;/p-6. The number of hydrogen-bond donors (Lipinski definition) is 6. The Hall–Kier alpha value is 3.31. The topological polar surface area (TPSA) is 224 Å². The molecule has 1 radical (unpaired) electrons. The van der Waals surface area contributed by atoms with Crippen LogP contribution >= 0.6 is 0 Å². The van der Waals surface area contributed by atoms with E-state index in [9.17, 15) is 0 Å². The molecule has 0 aliphatic heterocycles. The Labute approximate surface area is 188 Å². The van der Waals surface area contributed by atoms with Crippen LogP contribution in [-0.2, 0) is 130 Å².